The van der Waals surface area contributed by atoms with Crippen LogP contribution in [0.25, 0.3) is 0 Å². The molecule has 0 aromatic carbocycles. The molecule has 3 aliphatic rings. The Balaban J connectivity index is 1.97. The molecule has 0 spiro atoms. The fourth-order valence-corrected chi connectivity index (χ4v) is 2.52. The summed E-state index contributed by atoms with van der Waals surface area (Å²) >= 11 is 1.71. The van der Waals surface area contributed by atoms with E-state index in [-0.39, 0.29) is 0 Å². The highest BCUT2D eigenvalue weighted by atomic mass is 32.2. The largest absolute Gasteiger partial charge is 0.377 e. The van der Waals surface area contributed by atoms with Crippen molar-refractivity contribution in [2.75, 3.05) is 13.2 Å². The molecule has 58 valence electrons. The lowest BCUT2D eigenvalue weighted by Crippen LogP contribution is -2.32. The van der Waals surface area contributed by atoms with Crippen LogP contribution < -0.4 is 0 Å². The van der Waals surface area contributed by atoms with E-state index >= 15 is 0 Å². The van der Waals surface area contributed by atoms with Gasteiger partial charge in [-0.2, -0.15) is 0 Å². The maximum Gasteiger partial charge on any atom is 0.168 e. The number of nitrogens with zero attached hydrogens (tertiary/aromatic N) is 2. The molecular formula is C7H8N2OS. The van der Waals surface area contributed by atoms with Crippen molar-refractivity contribution in [1.82, 2.24) is 4.90 Å². The Morgan fingerprint density at radius 3 is 3.64 bits per heavy atom. The Morgan fingerprint density at radius 2 is 2.64 bits per heavy atom. The first-order chi connectivity index (χ1) is 5.45. The van der Waals surface area contributed by atoms with Crippen LogP contribution in [0.2, 0.25) is 0 Å². The van der Waals surface area contributed by atoms with Crippen molar-refractivity contribution in [3.8, 4) is 0 Å². The van der Waals surface area contributed by atoms with Crippen molar-refractivity contribution in [3.63, 3.8) is 0 Å². The minimum Gasteiger partial charge on any atom is -0.377 e. The molecular weight excluding hydrogens is 160 g/mol. The van der Waals surface area contributed by atoms with Gasteiger partial charge in [-0.15, -0.1) is 0 Å². The second-order valence-corrected chi connectivity index (χ2v) is 3.77. The van der Waals surface area contributed by atoms with E-state index in [2.05, 4.69) is 21.5 Å². The maximum absolute atomic E-state index is 5.33. The van der Waals surface area contributed by atoms with Crippen molar-refractivity contribution in [1.29, 1.82) is 0 Å². The molecule has 0 aromatic rings. The van der Waals surface area contributed by atoms with Crippen LogP contribution in [0.4, 0.5) is 0 Å². The van der Waals surface area contributed by atoms with Crippen LogP contribution in [-0.2, 0) is 4.74 Å². The van der Waals surface area contributed by atoms with E-state index in [1.165, 1.54) is 0 Å². The molecule has 2 unspecified atom stereocenters. The van der Waals surface area contributed by atoms with Crippen LogP contribution >= 0.6 is 11.8 Å². The summed E-state index contributed by atoms with van der Waals surface area (Å²) in [4.78, 5) is 6.75. The van der Waals surface area contributed by atoms with Crippen molar-refractivity contribution < 1.29 is 4.74 Å². The summed E-state index contributed by atoms with van der Waals surface area (Å²) in [5.41, 5.74) is 0. The van der Waals surface area contributed by atoms with Crippen LogP contribution in [0.1, 0.15) is 0 Å². The third-order valence-corrected chi connectivity index (χ3v) is 3.06. The summed E-state index contributed by atoms with van der Waals surface area (Å²) < 4.78 is 5.33. The smallest absolute Gasteiger partial charge is 0.168 e. The number of hydrogen-bond acceptors (Lipinski definition) is 4. The molecule has 3 nitrogen and oxygen atoms in total. The fourth-order valence-electron chi connectivity index (χ4n) is 1.69. The van der Waals surface area contributed by atoms with Gasteiger partial charge in [0.05, 0.1) is 25.3 Å². The van der Waals surface area contributed by atoms with E-state index in [9.17, 15) is 0 Å². The Morgan fingerprint density at radius 1 is 1.64 bits per heavy atom. The van der Waals surface area contributed by atoms with Gasteiger partial charge in [-0.1, -0.05) is 11.8 Å². The zero-order chi connectivity index (χ0) is 7.26. The van der Waals surface area contributed by atoms with Gasteiger partial charge in [0.25, 0.3) is 0 Å². The second kappa shape index (κ2) is 2.01. The van der Waals surface area contributed by atoms with Crippen LogP contribution in [0.15, 0.2) is 16.6 Å². The average molecular weight is 168 g/mol. The highest BCUT2D eigenvalue weighted by molar-refractivity contribution is 8.16. The molecule has 0 saturated carbocycles. The first-order valence-corrected chi connectivity index (χ1v) is 4.60. The van der Waals surface area contributed by atoms with Gasteiger partial charge < -0.3 is 9.64 Å². The molecule has 3 aliphatic heterocycles. The predicted molar refractivity (Wildman–Crippen MR) is 44.4 cm³/mol. The maximum atomic E-state index is 5.33. The van der Waals surface area contributed by atoms with Crippen LogP contribution in [0, 0.1) is 0 Å². The number of hydrogen-bond donors (Lipinski definition) is 0. The molecule has 0 aliphatic carbocycles. The standard InChI is InChI=1S/C7H8N2OS/c1-2-11-7-8-5-3-10-4-6(5)9(1)7/h1-2,5-6H,3-4H2. The molecule has 0 N–H and O–H groups in total. The van der Waals surface area contributed by atoms with Gasteiger partial charge in [-0.25, -0.2) is 0 Å². The normalized spacial score (nSPS) is 39.3. The minimum atomic E-state index is 0.405. The Hall–Kier alpha value is -0.480. The van der Waals surface area contributed by atoms with Gasteiger partial charge in [0, 0.05) is 6.20 Å². The molecule has 0 aromatic heterocycles. The van der Waals surface area contributed by atoms with Crippen molar-refractivity contribution in [2.24, 2.45) is 4.99 Å². The SMILES string of the molecule is C1=CN2C(=NC3COCC32)S1. The quantitative estimate of drug-likeness (QED) is 0.530. The zero-order valence-corrected chi connectivity index (χ0v) is 6.75. The number of fused-ring (bicyclic) bond motifs is 3. The fraction of sp³-hybridized carbons (Fsp3) is 0.571. The van der Waals surface area contributed by atoms with E-state index < -0.39 is 0 Å². The Labute approximate surface area is 69.1 Å². The molecule has 1 fully saturated rings. The van der Waals surface area contributed by atoms with Gasteiger partial charge in [0.1, 0.15) is 0 Å². The lowest BCUT2D eigenvalue weighted by Gasteiger charge is -2.16. The summed E-state index contributed by atoms with van der Waals surface area (Å²) in [6, 6.07) is 0.902. The average Bonchev–Trinajstić information content (AvgIpc) is 2.52. The monoisotopic (exact) mass is 168 g/mol. The zero-order valence-electron chi connectivity index (χ0n) is 5.93. The summed E-state index contributed by atoms with van der Waals surface area (Å²) in [6.07, 6.45) is 2.10. The summed E-state index contributed by atoms with van der Waals surface area (Å²) in [6.45, 7) is 1.64. The number of thioether (sulfide) groups is 1. The van der Waals surface area contributed by atoms with Crippen molar-refractivity contribution in [3.05, 3.63) is 11.6 Å². The van der Waals surface area contributed by atoms with Crippen LogP contribution in [0.5, 0.6) is 0 Å². The number of aliphatic imine (C=N–C) groups is 1. The summed E-state index contributed by atoms with van der Waals surface area (Å²) in [5, 5.41) is 3.23. The van der Waals surface area contributed by atoms with E-state index in [4.69, 9.17) is 4.74 Å². The number of rotatable bonds is 0. The molecule has 0 radical (unpaired) electrons. The van der Waals surface area contributed by atoms with Crippen LogP contribution in [-0.4, -0.2) is 35.4 Å². The third kappa shape index (κ3) is 0.711. The van der Waals surface area contributed by atoms with E-state index in [0.717, 1.165) is 18.4 Å². The van der Waals surface area contributed by atoms with Gasteiger partial charge in [0.15, 0.2) is 5.17 Å². The lowest BCUT2D eigenvalue weighted by atomic mass is 10.2. The first-order valence-electron chi connectivity index (χ1n) is 3.72. The van der Waals surface area contributed by atoms with Crippen molar-refractivity contribution in [2.45, 2.75) is 12.1 Å². The minimum absolute atomic E-state index is 0.405. The number of amidine groups is 1. The predicted octanol–water partition coefficient (Wildman–Crippen LogP) is 0.643. The summed E-state index contributed by atoms with van der Waals surface area (Å²) in [5.74, 6) is 0. The molecule has 3 rings (SSSR count). The van der Waals surface area contributed by atoms with Gasteiger partial charge in [0.2, 0.25) is 0 Å². The third-order valence-electron chi connectivity index (χ3n) is 2.27. The van der Waals surface area contributed by atoms with Crippen molar-refractivity contribution >= 4 is 16.9 Å². The Kier molecular flexibility index (Phi) is 1.11. The van der Waals surface area contributed by atoms with E-state index in [0.29, 0.717) is 12.1 Å². The molecule has 1 saturated heterocycles. The molecule has 11 heavy (non-hydrogen) atoms. The highest BCUT2D eigenvalue weighted by Gasteiger charge is 2.40. The molecule has 0 bridgehead atoms. The van der Waals surface area contributed by atoms with Gasteiger partial charge >= 0.3 is 0 Å². The molecule has 0 amide bonds. The highest BCUT2D eigenvalue weighted by Crippen LogP contribution is 2.32. The second-order valence-electron chi connectivity index (χ2n) is 2.89. The topological polar surface area (TPSA) is 24.8 Å². The first kappa shape index (κ1) is 6.08. The van der Waals surface area contributed by atoms with Crippen LogP contribution in [0.3, 0.4) is 0 Å². The van der Waals surface area contributed by atoms with Gasteiger partial charge in [-0.3, -0.25) is 4.99 Å². The van der Waals surface area contributed by atoms with Gasteiger partial charge in [-0.05, 0) is 5.41 Å². The lowest BCUT2D eigenvalue weighted by molar-refractivity contribution is 0.180. The summed E-state index contributed by atoms with van der Waals surface area (Å²) in [7, 11) is 0. The molecule has 2 atom stereocenters. The van der Waals surface area contributed by atoms with E-state index in [1.54, 1.807) is 11.8 Å². The molecule has 4 heteroatoms. The number of ether oxygens (including phenoxy) is 1. The molecule has 3 heterocycles. The van der Waals surface area contributed by atoms with E-state index in [1.807, 2.05) is 0 Å². The Bertz CT molecular complexity index is 251.